The molecule has 4 heteroatoms. The Labute approximate surface area is 87.9 Å². The number of aliphatic hydroxyl groups excluding tert-OH is 1. The molecule has 0 bridgehead atoms. The Morgan fingerprint density at radius 3 is 3.20 bits per heavy atom. The lowest BCUT2D eigenvalue weighted by molar-refractivity contribution is -0.0353. The summed E-state index contributed by atoms with van der Waals surface area (Å²) >= 11 is 0. The molecule has 1 aromatic heterocycles. The van der Waals surface area contributed by atoms with Gasteiger partial charge in [0.1, 0.15) is 5.69 Å². The van der Waals surface area contributed by atoms with Crippen molar-refractivity contribution in [2.45, 2.75) is 32.2 Å². The molecule has 1 aliphatic heterocycles. The number of pyridine rings is 1. The third-order valence-electron chi connectivity index (χ3n) is 2.53. The fraction of sp³-hybridized carbons (Fsp3) is 0.455. The quantitative estimate of drug-likeness (QED) is 0.744. The van der Waals surface area contributed by atoms with Gasteiger partial charge in [-0.05, 0) is 13.0 Å². The highest BCUT2D eigenvalue weighted by Gasteiger charge is 2.26. The molecule has 2 rings (SSSR count). The summed E-state index contributed by atoms with van der Waals surface area (Å²) < 4.78 is 5.45. The first-order valence-corrected chi connectivity index (χ1v) is 4.95. The van der Waals surface area contributed by atoms with Crippen LogP contribution in [0.3, 0.4) is 0 Å². The van der Waals surface area contributed by atoms with Gasteiger partial charge in [0.05, 0.1) is 18.8 Å². The van der Waals surface area contributed by atoms with E-state index in [0.717, 1.165) is 5.56 Å². The number of fused-ring (bicyclic) bond motifs is 1. The van der Waals surface area contributed by atoms with Gasteiger partial charge in [-0.3, -0.25) is 9.78 Å². The zero-order valence-corrected chi connectivity index (χ0v) is 8.51. The number of nitrogens with zero attached hydrogens (tertiary/aromatic N) is 1. The van der Waals surface area contributed by atoms with Crippen LogP contribution in [0.25, 0.3) is 0 Å². The van der Waals surface area contributed by atoms with Gasteiger partial charge in [0, 0.05) is 18.2 Å². The standard InChI is InChI=1S/C11H13NO3/c1-7(13)10-5-9(14)11-8(6-15-10)3-2-4-12-11/h2-4,7,10,13H,5-6H2,1H3/t7-,10?/m1/s1. The van der Waals surface area contributed by atoms with E-state index in [1.165, 1.54) is 0 Å². The van der Waals surface area contributed by atoms with Gasteiger partial charge < -0.3 is 9.84 Å². The Bertz CT molecular complexity index is 376. The SMILES string of the molecule is C[C@@H](O)C1CC(=O)c2ncccc2CO1. The molecule has 0 fully saturated rings. The van der Waals surface area contributed by atoms with E-state index < -0.39 is 12.2 Å². The number of ether oxygens (including phenoxy) is 1. The summed E-state index contributed by atoms with van der Waals surface area (Å²) in [6.45, 7) is 1.96. The first-order chi connectivity index (χ1) is 7.18. The third-order valence-corrected chi connectivity index (χ3v) is 2.53. The van der Waals surface area contributed by atoms with Crippen LogP contribution in [-0.4, -0.2) is 28.1 Å². The van der Waals surface area contributed by atoms with Crippen LogP contribution in [0, 0.1) is 0 Å². The number of ketones is 1. The number of aliphatic hydroxyl groups is 1. The van der Waals surface area contributed by atoms with E-state index in [4.69, 9.17) is 4.74 Å². The second kappa shape index (κ2) is 4.08. The van der Waals surface area contributed by atoms with E-state index in [9.17, 15) is 9.90 Å². The van der Waals surface area contributed by atoms with Crippen LogP contribution in [0.15, 0.2) is 18.3 Å². The molecule has 1 aliphatic rings. The maximum atomic E-state index is 11.8. The maximum absolute atomic E-state index is 11.8. The van der Waals surface area contributed by atoms with Gasteiger partial charge in [-0.2, -0.15) is 0 Å². The lowest BCUT2D eigenvalue weighted by Crippen LogP contribution is -2.27. The van der Waals surface area contributed by atoms with Crippen molar-refractivity contribution in [2.24, 2.45) is 0 Å². The summed E-state index contributed by atoms with van der Waals surface area (Å²) in [7, 11) is 0. The lowest BCUT2D eigenvalue weighted by Gasteiger charge is -2.16. The minimum atomic E-state index is -0.636. The van der Waals surface area contributed by atoms with Crippen molar-refractivity contribution in [1.82, 2.24) is 4.98 Å². The van der Waals surface area contributed by atoms with Gasteiger partial charge in [0.2, 0.25) is 0 Å². The number of hydrogen-bond acceptors (Lipinski definition) is 4. The number of carbonyl (C=O) groups excluding carboxylic acids is 1. The molecule has 80 valence electrons. The summed E-state index contributed by atoms with van der Waals surface area (Å²) in [5, 5.41) is 9.40. The predicted octanol–water partition coefficient (Wildman–Crippen LogP) is 0.934. The average Bonchev–Trinajstić information content (AvgIpc) is 2.39. The molecule has 1 N–H and O–H groups in total. The number of rotatable bonds is 1. The Morgan fingerprint density at radius 2 is 2.47 bits per heavy atom. The van der Waals surface area contributed by atoms with Crippen LogP contribution in [0.4, 0.5) is 0 Å². The highest BCUT2D eigenvalue weighted by molar-refractivity contribution is 5.96. The van der Waals surface area contributed by atoms with Gasteiger partial charge in [-0.25, -0.2) is 0 Å². The van der Waals surface area contributed by atoms with Gasteiger partial charge >= 0.3 is 0 Å². The summed E-state index contributed by atoms with van der Waals surface area (Å²) in [6, 6.07) is 3.60. The smallest absolute Gasteiger partial charge is 0.184 e. The number of Topliss-reactive ketones (excluding diaryl/α,β-unsaturated/α-hetero) is 1. The monoisotopic (exact) mass is 207 g/mol. The molecule has 0 saturated heterocycles. The van der Waals surface area contributed by atoms with Crippen molar-refractivity contribution in [2.75, 3.05) is 0 Å². The molecule has 0 radical (unpaired) electrons. The minimum absolute atomic E-state index is 0.0611. The van der Waals surface area contributed by atoms with Crippen LogP contribution in [0.2, 0.25) is 0 Å². The number of aromatic nitrogens is 1. The Morgan fingerprint density at radius 1 is 1.67 bits per heavy atom. The second-order valence-electron chi connectivity index (χ2n) is 3.73. The predicted molar refractivity (Wildman–Crippen MR) is 53.4 cm³/mol. The number of hydrogen-bond donors (Lipinski definition) is 1. The van der Waals surface area contributed by atoms with Crippen LogP contribution in [-0.2, 0) is 11.3 Å². The molecule has 0 aliphatic carbocycles. The van der Waals surface area contributed by atoms with E-state index in [0.29, 0.717) is 12.3 Å². The summed E-state index contributed by atoms with van der Waals surface area (Å²) in [5.74, 6) is -0.0611. The molecule has 2 heterocycles. The maximum Gasteiger partial charge on any atom is 0.184 e. The lowest BCUT2D eigenvalue weighted by atomic mass is 10.1. The minimum Gasteiger partial charge on any atom is -0.391 e. The van der Waals surface area contributed by atoms with Crippen molar-refractivity contribution in [3.8, 4) is 0 Å². The molecule has 0 saturated carbocycles. The van der Waals surface area contributed by atoms with Crippen molar-refractivity contribution in [3.63, 3.8) is 0 Å². The van der Waals surface area contributed by atoms with Crippen molar-refractivity contribution >= 4 is 5.78 Å². The molecule has 1 aromatic rings. The summed E-state index contributed by atoms with van der Waals surface area (Å²) in [6.07, 6.45) is 0.733. The van der Waals surface area contributed by atoms with Crippen molar-refractivity contribution in [1.29, 1.82) is 0 Å². The zero-order valence-electron chi connectivity index (χ0n) is 8.51. The van der Waals surface area contributed by atoms with Gasteiger partial charge in [0.25, 0.3) is 0 Å². The topological polar surface area (TPSA) is 59.4 Å². The van der Waals surface area contributed by atoms with Crippen LogP contribution in [0.1, 0.15) is 29.4 Å². The molecular weight excluding hydrogens is 194 g/mol. The van der Waals surface area contributed by atoms with Crippen molar-refractivity contribution < 1.29 is 14.6 Å². The Kier molecular flexibility index (Phi) is 2.79. The highest BCUT2D eigenvalue weighted by atomic mass is 16.5. The molecule has 0 amide bonds. The molecule has 2 atom stereocenters. The normalized spacial score (nSPS) is 23.1. The molecule has 1 unspecified atom stereocenters. The Hall–Kier alpha value is -1.26. The van der Waals surface area contributed by atoms with Crippen molar-refractivity contribution in [3.05, 3.63) is 29.6 Å². The van der Waals surface area contributed by atoms with E-state index >= 15 is 0 Å². The molecule has 15 heavy (non-hydrogen) atoms. The third kappa shape index (κ3) is 2.06. The fourth-order valence-corrected chi connectivity index (χ4v) is 1.65. The van der Waals surface area contributed by atoms with Gasteiger partial charge in [-0.1, -0.05) is 6.07 Å². The average molecular weight is 207 g/mol. The first-order valence-electron chi connectivity index (χ1n) is 4.95. The van der Waals surface area contributed by atoms with Gasteiger partial charge in [0.15, 0.2) is 5.78 Å². The Balaban J connectivity index is 2.28. The summed E-state index contributed by atoms with van der Waals surface area (Å²) in [4.78, 5) is 15.8. The zero-order chi connectivity index (χ0) is 10.8. The molecule has 4 nitrogen and oxygen atoms in total. The van der Waals surface area contributed by atoms with Crippen LogP contribution < -0.4 is 0 Å². The van der Waals surface area contributed by atoms with E-state index in [1.54, 1.807) is 19.2 Å². The van der Waals surface area contributed by atoms with Gasteiger partial charge in [-0.15, -0.1) is 0 Å². The van der Waals surface area contributed by atoms with Crippen LogP contribution >= 0.6 is 0 Å². The molecule has 0 spiro atoms. The number of carbonyl (C=O) groups is 1. The van der Waals surface area contributed by atoms with E-state index in [1.807, 2.05) is 6.07 Å². The van der Waals surface area contributed by atoms with E-state index in [2.05, 4.69) is 4.98 Å². The second-order valence-corrected chi connectivity index (χ2v) is 3.73. The molecule has 0 aromatic carbocycles. The van der Waals surface area contributed by atoms with Crippen LogP contribution in [0.5, 0.6) is 0 Å². The fourth-order valence-electron chi connectivity index (χ4n) is 1.65. The first kappa shape index (κ1) is 10.3. The highest BCUT2D eigenvalue weighted by Crippen LogP contribution is 2.19. The molecular formula is C11H13NO3. The largest absolute Gasteiger partial charge is 0.391 e. The summed E-state index contributed by atoms with van der Waals surface area (Å²) in [5.41, 5.74) is 1.27. The van der Waals surface area contributed by atoms with E-state index in [-0.39, 0.29) is 12.2 Å².